The molecule has 94 valence electrons. The maximum absolute atomic E-state index is 12.6. The molecule has 1 unspecified atom stereocenters. The van der Waals surface area contributed by atoms with Crippen LogP contribution in [0, 0.1) is 0 Å². The second-order valence-corrected chi connectivity index (χ2v) is 4.52. The summed E-state index contributed by atoms with van der Waals surface area (Å²) in [5, 5.41) is 3.17. The van der Waals surface area contributed by atoms with Crippen LogP contribution in [0.5, 0.6) is 0 Å². The van der Waals surface area contributed by atoms with Crippen LogP contribution in [0.1, 0.15) is 43.2 Å². The lowest BCUT2D eigenvalue weighted by Crippen LogP contribution is -2.06. The third-order valence-electron chi connectivity index (χ3n) is 3.26. The molecule has 1 N–H and O–H groups in total. The van der Waals surface area contributed by atoms with E-state index in [4.69, 9.17) is 0 Å². The van der Waals surface area contributed by atoms with E-state index in [0.29, 0.717) is 0 Å². The van der Waals surface area contributed by atoms with E-state index in [-0.39, 0.29) is 5.92 Å². The Morgan fingerprint density at radius 3 is 2.76 bits per heavy atom. The summed E-state index contributed by atoms with van der Waals surface area (Å²) >= 11 is 0. The van der Waals surface area contributed by atoms with Gasteiger partial charge in [-0.3, -0.25) is 0 Å². The summed E-state index contributed by atoms with van der Waals surface area (Å²) in [6, 6.07) is 3.99. The van der Waals surface area contributed by atoms with Gasteiger partial charge in [-0.2, -0.15) is 13.2 Å². The van der Waals surface area contributed by atoms with Crippen molar-refractivity contribution in [3.8, 4) is 0 Å². The Morgan fingerprint density at radius 2 is 2.12 bits per heavy atom. The predicted octanol–water partition coefficient (Wildman–Crippen LogP) is 4.40. The second-order valence-electron chi connectivity index (χ2n) is 4.52. The number of unbranched alkanes of at least 4 members (excludes halogenated alkanes) is 1. The molecule has 1 aromatic carbocycles. The molecule has 1 heterocycles. The number of anilines is 1. The molecule has 1 atom stereocenters. The largest absolute Gasteiger partial charge is 0.416 e. The minimum atomic E-state index is -4.24. The lowest BCUT2D eigenvalue weighted by atomic mass is 9.94. The van der Waals surface area contributed by atoms with Gasteiger partial charge in [-0.25, -0.2) is 0 Å². The fourth-order valence-electron chi connectivity index (χ4n) is 2.29. The smallest absolute Gasteiger partial charge is 0.384 e. The number of nitrogens with one attached hydrogen (secondary N) is 1. The highest BCUT2D eigenvalue weighted by molar-refractivity contribution is 5.59. The first kappa shape index (κ1) is 12.3. The van der Waals surface area contributed by atoms with Gasteiger partial charge in [0.05, 0.1) is 5.56 Å². The normalized spacial score (nSPS) is 18.9. The molecule has 0 saturated carbocycles. The monoisotopic (exact) mass is 243 g/mol. The fourth-order valence-corrected chi connectivity index (χ4v) is 2.29. The van der Waals surface area contributed by atoms with E-state index in [1.807, 2.05) is 0 Å². The molecule has 1 nitrogen and oxygen atoms in total. The summed E-state index contributed by atoms with van der Waals surface area (Å²) < 4.78 is 37.8. The van der Waals surface area contributed by atoms with Crippen LogP contribution in [0.25, 0.3) is 0 Å². The van der Waals surface area contributed by atoms with Crippen molar-refractivity contribution < 1.29 is 13.2 Å². The molecule has 1 aromatic rings. The summed E-state index contributed by atoms with van der Waals surface area (Å²) in [6.45, 7) is 2.85. The molecule has 17 heavy (non-hydrogen) atoms. The minimum Gasteiger partial charge on any atom is -0.384 e. The Morgan fingerprint density at radius 1 is 1.35 bits per heavy atom. The molecule has 0 fully saturated rings. The standard InChI is InChI=1S/C13H16F3N/c1-2-3-4-9-8-17-12-6-5-10(7-11(9)12)13(14,15)16/h5-7,9,17H,2-4,8H2,1H3. The van der Waals surface area contributed by atoms with Gasteiger partial charge in [-0.15, -0.1) is 0 Å². The van der Waals surface area contributed by atoms with Crippen LogP contribution in [0.3, 0.4) is 0 Å². The number of halogens is 3. The molecule has 0 saturated heterocycles. The summed E-state index contributed by atoms with van der Waals surface area (Å²) in [7, 11) is 0. The van der Waals surface area contributed by atoms with E-state index in [1.54, 1.807) is 6.07 Å². The maximum atomic E-state index is 12.6. The second kappa shape index (κ2) is 4.59. The highest BCUT2D eigenvalue weighted by Gasteiger charge is 2.33. The molecule has 0 amide bonds. The zero-order valence-electron chi connectivity index (χ0n) is 9.77. The fraction of sp³-hybridized carbons (Fsp3) is 0.538. The van der Waals surface area contributed by atoms with E-state index < -0.39 is 11.7 Å². The highest BCUT2D eigenvalue weighted by Crippen LogP contribution is 2.39. The zero-order chi connectivity index (χ0) is 12.5. The van der Waals surface area contributed by atoms with Crippen LogP contribution in [-0.4, -0.2) is 6.54 Å². The van der Waals surface area contributed by atoms with Crippen LogP contribution in [0.4, 0.5) is 18.9 Å². The average Bonchev–Trinajstić information content (AvgIpc) is 2.67. The average molecular weight is 243 g/mol. The van der Waals surface area contributed by atoms with Gasteiger partial charge in [0.15, 0.2) is 0 Å². The Labute approximate surface area is 99.0 Å². The summed E-state index contributed by atoms with van der Waals surface area (Å²) in [5.41, 5.74) is 1.15. The topological polar surface area (TPSA) is 12.0 Å². The van der Waals surface area contributed by atoms with Crippen molar-refractivity contribution in [3.63, 3.8) is 0 Å². The van der Waals surface area contributed by atoms with Crippen LogP contribution < -0.4 is 5.32 Å². The predicted molar refractivity (Wildman–Crippen MR) is 62.2 cm³/mol. The van der Waals surface area contributed by atoms with E-state index in [1.165, 1.54) is 6.07 Å². The van der Waals surface area contributed by atoms with Gasteiger partial charge < -0.3 is 5.32 Å². The molecular formula is C13H16F3N. The molecule has 4 heteroatoms. The molecule has 0 aromatic heterocycles. The third kappa shape index (κ3) is 2.56. The Bertz CT molecular complexity index is 398. The van der Waals surface area contributed by atoms with Crippen molar-refractivity contribution in [3.05, 3.63) is 29.3 Å². The number of fused-ring (bicyclic) bond motifs is 1. The van der Waals surface area contributed by atoms with Crippen molar-refractivity contribution >= 4 is 5.69 Å². The molecular weight excluding hydrogens is 227 g/mol. The summed E-state index contributed by atoms with van der Waals surface area (Å²) in [4.78, 5) is 0. The number of alkyl halides is 3. The quantitative estimate of drug-likeness (QED) is 0.829. The van der Waals surface area contributed by atoms with Gasteiger partial charge in [0.25, 0.3) is 0 Å². The minimum absolute atomic E-state index is 0.229. The third-order valence-corrected chi connectivity index (χ3v) is 3.26. The van der Waals surface area contributed by atoms with Crippen molar-refractivity contribution in [1.82, 2.24) is 0 Å². The first-order valence-electron chi connectivity index (χ1n) is 5.97. The van der Waals surface area contributed by atoms with E-state index in [9.17, 15) is 13.2 Å². The molecule has 1 aliphatic heterocycles. The Hall–Kier alpha value is -1.19. The van der Waals surface area contributed by atoms with Gasteiger partial charge in [0, 0.05) is 18.2 Å². The number of hydrogen-bond acceptors (Lipinski definition) is 1. The van der Waals surface area contributed by atoms with Crippen LogP contribution in [-0.2, 0) is 6.18 Å². The number of hydrogen-bond donors (Lipinski definition) is 1. The molecule has 0 radical (unpaired) electrons. The highest BCUT2D eigenvalue weighted by atomic mass is 19.4. The van der Waals surface area contributed by atoms with Crippen molar-refractivity contribution in [2.24, 2.45) is 0 Å². The molecule has 2 rings (SSSR count). The van der Waals surface area contributed by atoms with Gasteiger partial charge in [-0.1, -0.05) is 19.8 Å². The maximum Gasteiger partial charge on any atom is 0.416 e. The SMILES string of the molecule is CCCCC1CNc2ccc(C(F)(F)F)cc21. The van der Waals surface area contributed by atoms with Crippen molar-refractivity contribution in [2.45, 2.75) is 38.3 Å². The number of benzene rings is 1. The van der Waals surface area contributed by atoms with Crippen molar-refractivity contribution in [2.75, 3.05) is 11.9 Å². The van der Waals surface area contributed by atoms with Gasteiger partial charge in [0.2, 0.25) is 0 Å². The first-order chi connectivity index (χ1) is 8.02. The molecule has 0 spiro atoms. The lowest BCUT2D eigenvalue weighted by molar-refractivity contribution is -0.137. The van der Waals surface area contributed by atoms with Crippen LogP contribution in [0.15, 0.2) is 18.2 Å². The van der Waals surface area contributed by atoms with E-state index >= 15 is 0 Å². The molecule has 0 aliphatic carbocycles. The van der Waals surface area contributed by atoms with Crippen molar-refractivity contribution in [1.29, 1.82) is 0 Å². The van der Waals surface area contributed by atoms with Gasteiger partial charge in [-0.05, 0) is 30.2 Å². The van der Waals surface area contributed by atoms with E-state index in [2.05, 4.69) is 12.2 Å². The Kier molecular flexibility index (Phi) is 3.31. The lowest BCUT2D eigenvalue weighted by Gasteiger charge is -2.12. The summed E-state index contributed by atoms with van der Waals surface area (Å²) in [5.74, 6) is 0.229. The van der Waals surface area contributed by atoms with Gasteiger partial charge >= 0.3 is 6.18 Å². The van der Waals surface area contributed by atoms with Crippen LogP contribution >= 0.6 is 0 Å². The first-order valence-corrected chi connectivity index (χ1v) is 5.97. The summed E-state index contributed by atoms with van der Waals surface area (Å²) in [6.07, 6.45) is -1.16. The van der Waals surface area contributed by atoms with Crippen LogP contribution in [0.2, 0.25) is 0 Å². The molecule has 1 aliphatic rings. The van der Waals surface area contributed by atoms with Gasteiger partial charge in [0.1, 0.15) is 0 Å². The number of rotatable bonds is 3. The molecule has 0 bridgehead atoms. The zero-order valence-corrected chi connectivity index (χ0v) is 9.77. The van der Waals surface area contributed by atoms with E-state index in [0.717, 1.165) is 43.1 Å². The Balaban J connectivity index is 2.24.